The largest absolute Gasteiger partial charge is 0.478 e. The Morgan fingerprint density at radius 2 is 1.80 bits per heavy atom. The summed E-state index contributed by atoms with van der Waals surface area (Å²) in [6.07, 6.45) is 0.427. The summed E-state index contributed by atoms with van der Waals surface area (Å²) in [5, 5.41) is 27.6. The van der Waals surface area contributed by atoms with E-state index in [1.54, 1.807) is 31.2 Å². The Labute approximate surface area is 178 Å². The third kappa shape index (κ3) is 4.25. The average molecular weight is 437 g/mol. The van der Waals surface area contributed by atoms with Gasteiger partial charge in [-0.15, -0.1) is 11.3 Å². The number of aromatic carboxylic acids is 1. The topological polar surface area (TPSA) is 119 Å². The third-order valence-electron chi connectivity index (χ3n) is 4.59. The second-order valence-electron chi connectivity index (χ2n) is 6.50. The van der Waals surface area contributed by atoms with Crippen LogP contribution >= 0.6 is 11.3 Å². The van der Waals surface area contributed by atoms with Gasteiger partial charge in [-0.25, -0.2) is 13.2 Å². The van der Waals surface area contributed by atoms with Crippen LogP contribution in [-0.2, 0) is 22.0 Å². The Bertz CT molecular complexity index is 1330. The number of nitriles is 2. The number of carboxylic acid groups (broad SMARTS) is 1. The first-order valence-electron chi connectivity index (χ1n) is 8.91. The minimum absolute atomic E-state index is 0.0258. The second kappa shape index (κ2) is 8.50. The average Bonchev–Trinajstić information content (AvgIpc) is 3.21. The summed E-state index contributed by atoms with van der Waals surface area (Å²) >= 11 is 1.23. The number of benzene rings is 2. The summed E-state index contributed by atoms with van der Waals surface area (Å²) in [6.45, 7) is 1.80. The Morgan fingerprint density at radius 3 is 2.40 bits per heavy atom. The van der Waals surface area contributed by atoms with E-state index in [0.29, 0.717) is 33.6 Å². The van der Waals surface area contributed by atoms with E-state index in [0.717, 1.165) is 4.88 Å². The Morgan fingerprint density at radius 1 is 1.03 bits per heavy atom. The van der Waals surface area contributed by atoms with E-state index >= 15 is 0 Å². The molecule has 0 bridgehead atoms. The lowest BCUT2D eigenvalue weighted by molar-refractivity contribution is 0.0696. The van der Waals surface area contributed by atoms with Gasteiger partial charge in [-0.3, -0.25) is 0 Å². The van der Waals surface area contributed by atoms with Gasteiger partial charge in [0.25, 0.3) is 0 Å². The molecule has 30 heavy (non-hydrogen) atoms. The van der Waals surface area contributed by atoms with Crippen LogP contribution in [0.25, 0.3) is 10.4 Å². The van der Waals surface area contributed by atoms with Crippen LogP contribution < -0.4 is 0 Å². The molecule has 1 aromatic heterocycles. The standard InChI is InChI=1S/C22H16N2O4S2/c1-2-15-4-5-16(22(25)26)10-21(15)30(27,28)13-17-9-14(11-23)3-7-19(17)20-8-6-18(12-24)29-20/h3-10H,2,13H2,1H3,(H,25,26). The number of hydrogen-bond donors (Lipinski definition) is 1. The minimum Gasteiger partial charge on any atom is -0.478 e. The van der Waals surface area contributed by atoms with Gasteiger partial charge in [0.05, 0.1) is 27.8 Å². The fraction of sp³-hybridized carbons (Fsp3) is 0.136. The number of carboxylic acids is 1. The van der Waals surface area contributed by atoms with Crippen LogP contribution in [0.3, 0.4) is 0 Å². The maximum Gasteiger partial charge on any atom is 0.335 e. The first-order chi connectivity index (χ1) is 14.3. The molecule has 0 fully saturated rings. The van der Waals surface area contributed by atoms with Gasteiger partial charge in [0, 0.05) is 4.88 Å². The van der Waals surface area contributed by atoms with Gasteiger partial charge in [-0.1, -0.05) is 19.1 Å². The Hall–Kier alpha value is -3.46. The number of aryl methyl sites for hydroxylation is 1. The number of sulfone groups is 1. The molecular formula is C22H16N2O4S2. The normalized spacial score (nSPS) is 10.9. The fourth-order valence-corrected chi connectivity index (χ4v) is 5.70. The van der Waals surface area contributed by atoms with E-state index in [2.05, 4.69) is 6.07 Å². The van der Waals surface area contributed by atoms with Crippen molar-refractivity contribution in [2.75, 3.05) is 0 Å². The quantitative estimate of drug-likeness (QED) is 0.612. The monoisotopic (exact) mass is 436 g/mol. The highest BCUT2D eigenvalue weighted by atomic mass is 32.2. The molecule has 0 radical (unpaired) electrons. The lowest BCUT2D eigenvalue weighted by Crippen LogP contribution is -2.11. The van der Waals surface area contributed by atoms with Crippen molar-refractivity contribution in [2.45, 2.75) is 24.0 Å². The summed E-state index contributed by atoms with van der Waals surface area (Å²) in [4.78, 5) is 12.5. The molecule has 0 saturated carbocycles. The molecule has 150 valence electrons. The van der Waals surface area contributed by atoms with Gasteiger partial charge in [0.15, 0.2) is 9.84 Å². The van der Waals surface area contributed by atoms with Crippen LogP contribution in [0.4, 0.5) is 0 Å². The van der Waals surface area contributed by atoms with Crippen molar-refractivity contribution in [3.05, 3.63) is 75.7 Å². The van der Waals surface area contributed by atoms with Crippen LogP contribution in [0, 0.1) is 22.7 Å². The second-order valence-corrected chi connectivity index (χ2v) is 9.54. The summed E-state index contributed by atoms with van der Waals surface area (Å²) in [7, 11) is -3.90. The molecule has 0 aliphatic rings. The van der Waals surface area contributed by atoms with Gasteiger partial charge < -0.3 is 5.11 Å². The summed E-state index contributed by atoms with van der Waals surface area (Å²) in [6, 6.07) is 16.3. The number of hydrogen-bond acceptors (Lipinski definition) is 6. The molecular weight excluding hydrogens is 420 g/mol. The van der Waals surface area contributed by atoms with Crippen molar-refractivity contribution in [1.82, 2.24) is 0 Å². The third-order valence-corrected chi connectivity index (χ3v) is 7.36. The Balaban J connectivity index is 2.13. The highest BCUT2D eigenvalue weighted by molar-refractivity contribution is 7.90. The molecule has 0 atom stereocenters. The van der Waals surface area contributed by atoms with E-state index in [4.69, 9.17) is 5.26 Å². The molecule has 0 amide bonds. The maximum atomic E-state index is 13.3. The zero-order valence-corrected chi connectivity index (χ0v) is 17.5. The number of rotatable bonds is 6. The Kier molecular flexibility index (Phi) is 6.02. The lowest BCUT2D eigenvalue weighted by Gasteiger charge is -2.13. The molecule has 1 heterocycles. The molecule has 8 heteroatoms. The van der Waals surface area contributed by atoms with Gasteiger partial charge in [0.2, 0.25) is 0 Å². The van der Waals surface area contributed by atoms with Crippen LogP contribution in [-0.4, -0.2) is 19.5 Å². The minimum atomic E-state index is -3.90. The van der Waals surface area contributed by atoms with E-state index in [-0.39, 0.29) is 10.5 Å². The van der Waals surface area contributed by atoms with Crippen molar-refractivity contribution in [2.24, 2.45) is 0 Å². The highest BCUT2D eigenvalue weighted by Crippen LogP contribution is 2.33. The fourth-order valence-electron chi connectivity index (χ4n) is 3.12. The zero-order chi connectivity index (χ0) is 21.9. The van der Waals surface area contributed by atoms with Crippen LogP contribution in [0.5, 0.6) is 0 Å². The van der Waals surface area contributed by atoms with Crippen molar-refractivity contribution < 1.29 is 18.3 Å². The van der Waals surface area contributed by atoms with E-state index in [9.17, 15) is 23.6 Å². The molecule has 0 aliphatic carbocycles. The molecule has 0 spiro atoms. The van der Waals surface area contributed by atoms with Gasteiger partial charge in [-0.05, 0) is 59.5 Å². The SMILES string of the molecule is CCc1ccc(C(=O)O)cc1S(=O)(=O)Cc1cc(C#N)ccc1-c1ccc(C#N)s1. The maximum absolute atomic E-state index is 13.3. The van der Waals surface area contributed by atoms with Crippen LogP contribution in [0.2, 0.25) is 0 Å². The molecule has 3 rings (SSSR count). The molecule has 3 aromatic rings. The van der Waals surface area contributed by atoms with Crippen LogP contribution in [0.1, 0.15) is 38.8 Å². The van der Waals surface area contributed by atoms with Gasteiger partial charge >= 0.3 is 5.97 Å². The molecule has 1 N–H and O–H groups in total. The van der Waals surface area contributed by atoms with Gasteiger partial charge in [-0.2, -0.15) is 10.5 Å². The van der Waals surface area contributed by atoms with Gasteiger partial charge in [0.1, 0.15) is 10.9 Å². The number of thiophene rings is 1. The smallest absolute Gasteiger partial charge is 0.335 e. The van der Waals surface area contributed by atoms with Crippen molar-refractivity contribution >= 4 is 27.1 Å². The molecule has 2 aromatic carbocycles. The lowest BCUT2D eigenvalue weighted by atomic mass is 10.0. The first-order valence-corrected chi connectivity index (χ1v) is 11.4. The number of nitrogens with zero attached hydrogens (tertiary/aromatic N) is 2. The summed E-state index contributed by atoms with van der Waals surface area (Å²) in [5.74, 6) is -1.60. The van der Waals surface area contributed by atoms with Crippen molar-refractivity contribution in [3.63, 3.8) is 0 Å². The van der Waals surface area contributed by atoms with Crippen molar-refractivity contribution in [1.29, 1.82) is 10.5 Å². The molecule has 0 unspecified atom stereocenters. The predicted octanol–water partition coefficient (Wildman–Crippen LogP) is 4.39. The molecule has 0 saturated heterocycles. The molecule has 0 aliphatic heterocycles. The predicted molar refractivity (Wildman–Crippen MR) is 113 cm³/mol. The summed E-state index contributed by atoms with van der Waals surface area (Å²) in [5.41, 5.74) is 1.78. The van der Waals surface area contributed by atoms with Crippen LogP contribution in [0.15, 0.2) is 53.4 Å². The number of carbonyl (C=O) groups is 1. The molecule has 6 nitrogen and oxygen atoms in total. The first kappa shape index (κ1) is 21.3. The van der Waals surface area contributed by atoms with E-state index < -0.39 is 21.6 Å². The summed E-state index contributed by atoms with van der Waals surface area (Å²) < 4.78 is 26.6. The van der Waals surface area contributed by atoms with E-state index in [1.807, 2.05) is 6.07 Å². The van der Waals surface area contributed by atoms with Crippen molar-refractivity contribution in [3.8, 4) is 22.6 Å². The van der Waals surface area contributed by atoms with E-state index in [1.165, 1.54) is 35.6 Å². The zero-order valence-electron chi connectivity index (χ0n) is 15.9. The highest BCUT2D eigenvalue weighted by Gasteiger charge is 2.23.